The van der Waals surface area contributed by atoms with Crippen molar-refractivity contribution in [3.05, 3.63) is 133 Å². The van der Waals surface area contributed by atoms with Gasteiger partial charge in [0.05, 0.1) is 0 Å². The van der Waals surface area contributed by atoms with E-state index in [0.29, 0.717) is 0 Å². The topological polar surface area (TPSA) is 26.0 Å². The molecule has 0 aromatic heterocycles. The van der Waals surface area contributed by atoms with Crippen molar-refractivity contribution in [1.82, 2.24) is 0 Å². The summed E-state index contributed by atoms with van der Waals surface area (Å²) in [6.45, 7) is 2.02. The van der Waals surface area contributed by atoms with Crippen LogP contribution in [0.3, 0.4) is 0 Å². The van der Waals surface area contributed by atoms with Crippen molar-refractivity contribution in [2.24, 2.45) is 5.73 Å². The molecule has 0 aliphatic carbocycles. The molecule has 5 aromatic carbocycles. The second-order valence-electron chi connectivity index (χ2n) is 8.62. The van der Waals surface area contributed by atoms with Crippen molar-refractivity contribution in [1.29, 1.82) is 0 Å². The Balaban J connectivity index is 1.71. The summed E-state index contributed by atoms with van der Waals surface area (Å²) in [6, 6.07) is 32.9. The van der Waals surface area contributed by atoms with Crippen LogP contribution in [0.5, 0.6) is 0 Å². The van der Waals surface area contributed by atoms with Crippen molar-refractivity contribution in [3.8, 4) is 11.1 Å². The molecule has 0 amide bonds. The minimum Gasteiger partial charge on any atom is -0.402 e. The fraction of sp³-hybridized carbons (Fsp3) is 0.0909. The molecular formula is C33H29N. The van der Waals surface area contributed by atoms with Crippen LogP contribution < -0.4 is 5.73 Å². The first kappa shape index (κ1) is 21.7. The van der Waals surface area contributed by atoms with Gasteiger partial charge >= 0.3 is 0 Å². The van der Waals surface area contributed by atoms with Gasteiger partial charge in [-0.05, 0) is 68.4 Å². The monoisotopic (exact) mass is 439 g/mol. The number of hydrogen-bond donors (Lipinski definition) is 1. The Morgan fingerprint density at radius 1 is 0.676 bits per heavy atom. The Labute approximate surface area is 201 Å². The average molecular weight is 440 g/mol. The quantitative estimate of drug-likeness (QED) is 0.160. The highest BCUT2D eigenvalue weighted by Gasteiger charge is 2.15. The van der Waals surface area contributed by atoms with Crippen LogP contribution in [0.15, 0.2) is 127 Å². The molecule has 1 heteroatoms. The molecule has 1 nitrogen and oxygen atoms in total. The predicted octanol–water partition coefficient (Wildman–Crippen LogP) is 8.72. The number of hydrogen-bond acceptors (Lipinski definition) is 1. The van der Waals surface area contributed by atoms with Gasteiger partial charge < -0.3 is 5.73 Å². The summed E-state index contributed by atoms with van der Waals surface area (Å²) < 4.78 is 0. The number of rotatable bonds is 6. The lowest BCUT2D eigenvalue weighted by Gasteiger charge is -2.18. The lowest BCUT2D eigenvalue weighted by Crippen LogP contribution is -1.94. The van der Waals surface area contributed by atoms with Gasteiger partial charge in [0.15, 0.2) is 0 Å². The van der Waals surface area contributed by atoms with Crippen LogP contribution in [0.1, 0.15) is 18.9 Å². The summed E-state index contributed by atoms with van der Waals surface area (Å²) in [4.78, 5) is 0. The minimum atomic E-state index is 0.784. The van der Waals surface area contributed by atoms with Crippen LogP contribution in [-0.4, -0.2) is 0 Å². The first-order valence-corrected chi connectivity index (χ1v) is 11.9. The third-order valence-corrected chi connectivity index (χ3v) is 6.46. The van der Waals surface area contributed by atoms with Gasteiger partial charge in [0, 0.05) is 12.1 Å². The van der Waals surface area contributed by atoms with Gasteiger partial charge in [-0.1, -0.05) is 115 Å². The maximum absolute atomic E-state index is 6.11. The molecule has 0 aliphatic heterocycles. The van der Waals surface area contributed by atoms with Crippen molar-refractivity contribution in [3.63, 3.8) is 0 Å². The second-order valence-corrected chi connectivity index (χ2v) is 8.62. The highest BCUT2D eigenvalue weighted by Crippen LogP contribution is 2.41. The Bertz CT molecular complexity index is 1500. The van der Waals surface area contributed by atoms with E-state index in [4.69, 9.17) is 5.73 Å². The van der Waals surface area contributed by atoms with Crippen LogP contribution in [-0.2, 0) is 6.42 Å². The molecule has 0 saturated carbocycles. The molecule has 0 fully saturated rings. The predicted molar refractivity (Wildman–Crippen MR) is 149 cm³/mol. The van der Waals surface area contributed by atoms with E-state index in [1.165, 1.54) is 49.0 Å². The molecule has 5 aromatic rings. The lowest BCUT2D eigenvalue weighted by atomic mass is 9.86. The molecule has 0 aliphatic rings. The summed E-state index contributed by atoms with van der Waals surface area (Å²) in [5.74, 6) is 0. The zero-order valence-corrected chi connectivity index (χ0v) is 19.5. The van der Waals surface area contributed by atoms with Gasteiger partial charge in [0.1, 0.15) is 0 Å². The van der Waals surface area contributed by atoms with Gasteiger partial charge in [-0.15, -0.1) is 0 Å². The second kappa shape index (κ2) is 9.80. The Morgan fingerprint density at radius 2 is 1.26 bits per heavy atom. The molecule has 5 rings (SSSR count). The van der Waals surface area contributed by atoms with E-state index < -0.39 is 0 Å². The van der Waals surface area contributed by atoms with E-state index >= 15 is 0 Å². The number of benzene rings is 5. The maximum atomic E-state index is 6.11. The molecule has 0 unspecified atom stereocenters. The van der Waals surface area contributed by atoms with E-state index in [9.17, 15) is 0 Å². The number of nitrogens with two attached hydrogens (primary N) is 1. The van der Waals surface area contributed by atoms with Crippen LogP contribution in [0.2, 0.25) is 0 Å². The summed E-state index contributed by atoms with van der Waals surface area (Å²) in [5, 5.41) is 7.75. The van der Waals surface area contributed by atoms with Crippen LogP contribution in [0.25, 0.3) is 43.4 Å². The Morgan fingerprint density at radius 3 is 1.94 bits per heavy atom. The number of allylic oxidation sites excluding steroid dienone is 5. The summed E-state index contributed by atoms with van der Waals surface area (Å²) >= 11 is 0. The van der Waals surface area contributed by atoms with E-state index in [1.807, 2.05) is 19.1 Å². The maximum Gasteiger partial charge on any atom is 0.0119 e. The molecule has 166 valence electrons. The van der Waals surface area contributed by atoms with Gasteiger partial charge in [-0.25, -0.2) is 0 Å². The van der Waals surface area contributed by atoms with Crippen LogP contribution in [0.4, 0.5) is 0 Å². The van der Waals surface area contributed by atoms with E-state index in [2.05, 4.69) is 109 Å². The molecule has 0 heterocycles. The normalized spacial score (nSPS) is 12.6. The molecule has 0 bridgehead atoms. The van der Waals surface area contributed by atoms with E-state index in [1.54, 1.807) is 0 Å². The fourth-order valence-electron chi connectivity index (χ4n) is 4.87. The molecule has 0 spiro atoms. The average Bonchev–Trinajstić information content (AvgIpc) is 2.89. The van der Waals surface area contributed by atoms with E-state index in [0.717, 1.165) is 18.5 Å². The zero-order valence-electron chi connectivity index (χ0n) is 19.5. The summed E-state index contributed by atoms with van der Waals surface area (Å²) in [6.07, 6.45) is 12.0. The largest absolute Gasteiger partial charge is 0.402 e. The molecule has 34 heavy (non-hydrogen) atoms. The molecule has 2 N–H and O–H groups in total. The third-order valence-electron chi connectivity index (χ3n) is 6.46. The third kappa shape index (κ3) is 4.13. The summed E-state index contributed by atoms with van der Waals surface area (Å²) in [7, 11) is 0. The van der Waals surface area contributed by atoms with Crippen LogP contribution >= 0.6 is 0 Å². The zero-order chi connectivity index (χ0) is 23.3. The van der Waals surface area contributed by atoms with E-state index in [-0.39, 0.29) is 0 Å². The van der Waals surface area contributed by atoms with Crippen LogP contribution in [0, 0.1) is 0 Å². The highest BCUT2D eigenvalue weighted by molar-refractivity contribution is 6.18. The summed E-state index contributed by atoms with van der Waals surface area (Å²) in [5.41, 5.74) is 10.9. The minimum absolute atomic E-state index is 0.784. The van der Waals surface area contributed by atoms with Gasteiger partial charge in [-0.2, -0.15) is 0 Å². The van der Waals surface area contributed by atoms with Gasteiger partial charge in [-0.3, -0.25) is 0 Å². The van der Waals surface area contributed by atoms with Gasteiger partial charge in [0.2, 0.25) is 0 Å². The number of fused-ring (bicyclic) bond motifs is 3. The first-order valence-electron chi connectivity index (χ1n) is 11.9. The molecule has 0 saturated heterocycles. The molecule has 0 radical (unpaired) electrons. The fourth-order valence-corrected chi connectivity index (χ4v) is 4.87. The Hall–Kier alpha value is -4.10. The first-order chi connectivity index (χ1) is 16.8. The van der Waals surface area contributed by atoms with Crippen molar-refractivity contribution in [2.45, 2.75) is 19.8 Å². The van der Waals surface area contributed by atoms with Gasteiger partial charge in [0.25, 0.3) is 0 Å². The standard InChI is InChI=1S/C33H29N/c1-2-3-15-25(34)16-5-7-18-27-28-19-8-10-21-31(28)33(32-22-11-9-20-29(27)32)30-23-12-14-24-13-4-6-17-26(24)30/h2-14,16-17,19-23H,15,18,34H2,1H3/b3-2-,7-5-,25-16-. The Kier molecular flexibility index (Phi) is 6.27. The smallest absolute Gasteiger partial charge is 0.0119 e. The highest BCUT2D eigenvalue weighted by atomic mass is 14.6. The SMILES string of the molecule is C/C=C\C/C(N)=C/C=C\Cc1c2ccccc2c(-c2cccc3ccccc23)c2ccccc12. The molecular weight excluding hydrogens is 410 g/mol. The lowest BCUT2D eigenvalue weighted by molar-refractivity contribution is 1.16. The van der Waals surface area contributed by atoms with Crippen molar-refractivity contribution in [2.75, 3.05) is 0 Å². The molecule has 0 atom stereocenters. The van der Waals surface area contributed by atoms with Crippen molar-refractivity contribution < 1.29 is 0 Å². The van der Waals surface area contributed by atoms with Crippen molar-refractivity contribution >= 4 is 32.3 Å².